The van der Waals surface area contributed by atoms with Gasteiger partial charge in [-0.25, -0.2) is 4.98 Å². The number of para-hydroxylation sites is 1. The maximum atomic E-state index is 11.3. The van der Waals surface area contributed by atoms with E-state index in [2.05, 4.69) is 15.1 Å². The molecule has 4 aromatic rings. The zero-order chi connectivity index (χ0) is 18.4. The largest absolute Gasteiger partial charge is 0.507 e. The van der Waals surface area contributed by atoms with Crippen molar-refractivity contribution in [3.8, 4) is 34.3 Å². The van der Waals surface area contributed by atoms with E-state index in [4.69, 9.17) is 5.73 Å². The number of imidazole rings is 1. The molecule has 0 bridgehead atoms. The van der Waals surface area contributed by atoms with Crippen LogP contribution in [-0.2, 0) is 7.05 Å². The van der Waals surface area contributed by atoms with Crippen LogP contribution in [0.2, 0.25) is 0 Å². The van der Waals surface area contributed by atoms with Crippen molar-refractivity contribution in [1.82, 2.24) is 19.7 Å². The summed E-state index contributed by atoms with van der Waals surface area (Å²) in [6.45, 7) is 0. The number of hydrogen-bond donors (Lipinski definition) is 4. The second-order valence-corrected chi connectivity index (χ2v) is 5.87. The van der Waals surface area contributed by atoms with E-state index in [-0.39, 0.29) is 17.2 Å². The van der Waals surface area contributed by atoms with Crippen molar-refractivity contribution in [3.63, 3.8) is 0 Å². The topological polar surface area (TPSA) is 130 Å². The van der Waals surface area contributed by atoms with Crippen LogP contribution in [0.15, 0.2) is 42.5 Å². The first-order valence-electron chi connectivity index (χ1n) is 7.80. The van der Waals surface area contributed by atoms with Gasteiger partial charge >= 0.3 is 0 Å². The Morgan fingerprint density at radius 1 is 1.19 bits per heavy atom. The maximum Gasteiger partial charge on any atom is 0.248 e. The fraction of sp³-hybridized carbons (Fsp3) is 0.0556. The van der Waals surface area contributed by atoms with Gasteiger partial charge < -0.3 is 20.9 Å². The number of aryl methyl sites for hydroxylation is 1. The number of carbonyl (C=O) groups excluding carboxylic acids is 1. The predicted molar refractivity (Wildman–Crippen MR) is 95.6 cm³/mol. The summed E-state index contributed by atoms with van der Waals surface area (Å²) < 4.78 is 1.48. The second-order valence-electron chi connectivity index (χ2n) is 5.87. The van der Waals surface area contributed by atoms with Gasteiger partial charge in [0.15, 0.2) is 11.6 Å². The lowest BCUT2D eigenvalue weighted by molar-refractivity contribution is 0.100. The Bertz CT molecular complexity index is 1160. The Kier molecular flexibility index (Phi) is 3.40. The molecule has 0 radical (unpaired) electrons. The number of H-pyrrole nitrogens is 1. The summed E-state index contributed by atoms with van der Waals surface area (Å²) in [5.74, 6) is -0.240. The first-order valence-corrected chi connectivity index (χ1v) is 7.80. The van der Waals surface area contributed by atoms with Crippen LogP contribution in [0.3, 0.4) is 0 Å². The molecule has 26 heavy (non-hydrogen) atoms. The molecule has 2 heterocycles. The number of benzene rings is 2. The van der Waals surface area contributed by atoms with Crippen molar-refractivity contribution >= 4 is 16.9 Å². The molecule has 4 rings (SSSR count). The first kappa shape index (κ1) is 15.7. The zero-order valence-corrected chi connectivity index (χ0v) is 13.8. The molecule has 0 aliphatic heterocycles. The van der Waals surface area contributed by atoms with Crippen LogP contribution in [0.4, 0.5) is 0 Å². The summed E-state index contributed by atoms with van der Waals surface area (Å²) >= 11 is 0. The molecule has 0 atom stereocenters. The fourth-order valence-corrected chi connectivity index (χ4v) is 2.91. The average Bonchev–Trinajstić information content (AvgIpc) is 3.14. The summed E-state index contributed by atoms with van der Waals surface area (Å²) in [6, 6.07) is 11.5. The minimum Gasteiger partial charge on any atom is -0.507 e. The van der Waals surface area contributed by atoms with Gasteiger partial charge in [-0.05, 0) is 30.3 Å². The summed E-state index contributed by atoms with van der Waals surface area (Å²) in [5.41, 5.74) is 7.92. The molecule has 2 aromatic carbocycles. The van der Waals surface area contributed by atoms with Crippen LogP contribution in [0.1, 0.15) is 10.4 Å². The Hall–Kier alpha value is -3.81. The number of phenols is 1. The van der Waals surface area contributed by atoms with Gasteiger partial charge in [0.1, 0.15) is 17.1 Å². The van der Waals surface area contributed by atoms with Crippen LogP contribution in [0, 0.1) is 0 Å². The summed E-state index contributed by atoms with van der Waals surface area (Å²) in [7, 11) is 1.67. The highest BCUT2D eigenvalue weighted by molar-refractivity contribution is 5.96. The Labute approximate surface area is 147 Å². The van der Waals surface area contributed by atoms with Gasteiger partial charge in [0.2, 0.25) is 5.91 Å². The number of rotatable bonds is 3. The SMILES string of the molecule is Cn1nc(-c2ccccc2O)c(O)c1-c1nc2ccc(C(N)=O)cc2[nH]1. The highest BCUT2D eigenvalue weighted by Gasteiger charge is 2.22. The van der Waals surface area contributed by atoms with Gasteiger partial charge in [0, 0.05) is 18.2 Å². The Morgan fingerprint density at radius 2 is 1.96 bits per heavy atom. The van der Waals surface area contributed by atoms with E-state index in [0.717, 1.165) is 0 Å². The molecule has 0 spiro atoms. The van der Waals surface area contributed by atoms with Crippen LogP contribution < -0.4 is 5.73 Å². The number of hydrogen-bond acceptors (Lipinski definition) is 5. The number of fused-ring (bicyclic) bond motifs is 1. The monoisotopic (exact) mass is 349 g/mol. The van der Waals surface area contributed by atoms with Crippen molar-refractivity contribution in [2.24, 2.45) is 12.8 Å². The molecular formula is C18H15N5O3. The number of aromatic nitrogens is 4. The van der Waals surface area contributed by atoms with E-state index < -0.39 is 5.91 Å². The molecule has 0 saturated heterocycles. The van der Waals surface area contributed by atoms with Gasteiger partial charge in [-0.1, -0.05) is 12.1 Å². The summed E-state index contributed by atoms with van der Waals surface area (Å²) in [4.78, 5) is 18.8. The van der Waals surface area contributed by atoms with Crippen molar-refractivity contribution in [2.45, 2.75) is 0 Å². The molecule has 8 heteroatoms. The third-order valence-electron chi connectivity index (χ3n) is 4.17. The Balaban J connectivity index is 1.87. The van der Waals surface area contributed by atoms with E-state index in [1.807, 2.05) is 0 Å². The van der Waals surface area contributed by atoms with Crippen molar-refractivity contribution in [3.05, 3.63) is 48.0 Å². The van der Waals surface area contributed by atoms with Crippen molar-refractivity contribution < 1.29 is 15.0 Å². The number of carbonyl (C=O) groups is 1. The fourth-order valence-electron chi connectivity index (χ4n) is 2.91. The van der Waals surface area contributed by atoms with Crippen LogP contribution in [-0.4, -0.2) is 35.9 Å². The van der Waals surface area contributed by atoms with Gasteiger partial charge in [-0.3, -0.25) is 9.48 Å². The molecule has 1 amide bonds. The number of aromatic amines is 1. The van der Waals surface area contributed by atoms with Gasteiger partial charge in [0.05, 0.1) is 11.0 Å². The number of primary amides is 1. The number of aromatic hydroxyl groups is 2. The van der Waals surface area contributed by atoms with Gasteiger partial charge in [-0.2, -0.15) is 5.10 Å². The minimum absolute atomic E-state index is 0.0168. The predicted octanol–water partition coefficient (Wildman–Crippen LogP) is 2.14. The lowest BCUT2D eigenvalue weighted by Crippen LogP contribution is -2.10. The molecule has 0 unspecified atom stereocenters. The number of nitrogens with zero attached hydrogens (tertiary/aromatic N) is 3. The lowest BCUT2D eigenvalue weighted by Gasteiger charge is -2.00. The van der Waals surface area contributed by atoms with Crippen LogP contribution >= 0.6 is 0 Å². The third-order valence-corrected chi connectivity index (χ3v) is 4.17. The minimum atomic E-state index is -0.534. The van der Waals surface area contributed by atoms with Gasteiger partial charge in [0.25, 0.3) is 0 Å². The highest BCUT2D eigenvalue weighted by Crippen LogP contribution is 2.39. The van der Waals surface area contributed by atoms with Crippen LogP contribution in [0.5, 0.6) is 11.5 Å². The van der Waals surface area contributed by atoms with Crippen molar-refractivity contribution in [2.75, 3.05) is 0 Å². The van der Waals surface area contributed by atoms with E-state index in [0.29, 0.717) is 33.7 Å². The molecule has 0 fully saturated rings. The van der Waals surface area contributed by atoms with Gasteiger partial charge in [-0.15, -0.1) is 0 Å². The highest BCUT2D eigenvalue weighted by atomic mass is 16.3. The zero-order valence-electron chi connectivity index (χ0n) is 13.8. The normalized spacial score (nSPS) is 11.1. The molecule has 8 nitrogen and oxygen atoms in total. The average molecular weight is 349 g/mol. The smallest absolute Gasteiger partial charge is 0.248 e. The first-order chi connectivity index (χ1) is 12.5. The van der Waals surface area contributed by atoms with Crippen LogP contribution in [0.25, 0.3) is 33.8 Å². The number of phenolic OH excluding ortho intramolecular Hbond substituents is 1. The number of nitrogens with one attached hydrogen (secondary N) is 1. The second kappa shape index (κ2) is 5.62. The number of nitrogens with two attached hydrogens (primary N) is 1. The lowest BCUT2D eigenvalue weighted by atomic mass is 10.1. The third kappa shape index (κ3) is 2.35. The molecule has 130 valence electrons. The number of amides is 1. The Morgan fingerprint density at radius 3 is 2.69 bits per heavy atom. The molecule has 0 aliphatic rings. The van der Waals surface area contributed by atoms with E-state index in [1.165, 1.54) is 10.7 Å². The van der Waals surface area contributed by atoms with E-state index in [1.54, 1.807) is 43.4 Å². The summed E-state index contributed by atoms with van der Waals surface area (Å²) in [5, 5.41) is 25.0. The molecule has 2 aromatic heterocycles. The summed E-state index contributed by atoms with van der Waals surface area (Å²) in [6.07, 6.45) is 0. The van der Waals surface area contributed by atoms with Crippen molar-refractivity contribution in [1.29, 1.82) is 0 Å². The molecule has 0 saturated carbocycles. The maximum absolute atomic E-state index is 11.3. The molecule has 5 N–H and O–H groups in total. The standard InChI is InChI=1S/C18H15N5O3/c1-23-15(16(25)14(22-23)10-4-2-3-5-13(10)24)18-20-11-7-6-9(17(19)26)8-12(11)21-18/h2-8,24-25H,1H3,(H2,19,26)(H,20,21). The quantitative estimate of drug-likeness (QED) is 0.450. The van der Waals surface area contributed by atoms with E-state index in [9.17, 15) is 15.0 Å². The van der Waals surface area contributed by atoms with E-state index >= 15 is 0 Å². The molecular weight excluding hydrogens is 334 g/mol. The molecule has 0 aliphatic carbocycles.